The molecule has 1 aliphatic carbocycles. The molecule has 2 amide bonds. The second kappa shape index (κ2) is 9.59. The van der Waals surface area contributed by atoms with Gasteiger partial charge < -0.3 is 20.4 Å². The van der Waals surface area contributed by atoms with Crippen molar-refractivity contribution in [2.75, 3.05) is 5.32 Å². The lowest BCUT2D eigenvalue weighted by Gasteiger charge is -2.16. The number of hydrogen-bond donors (Lipinski definition) is 3. The minimum Gasteiger partial charge on any atom is -0.453 e. The van der Waals surface area contributed by atoms with E-state index in [1.807, 2.05) is 0 Å². The summed E-state index contributed by atoms with van der Waals surface area (Å²) in [5, 5.41) is 6.24. The zero-order chi connectivity index (χ0) is 21.6. The summed E-state index contributed by atoms with van der Waals surface area (Å²) in [4.78, 5) is 31.5. The topological polar surface area (TPSA) is 96.1 Å². The van der Waals surface area contributed by atoms with Gasteiger partial charge in [0.15, 0.2) is 11.6 Å². The lowest BCUT2D eigenvalue weighted by atomic mass is 10.1. The molecule has 8 heteroatoms. The average molecular weight is 424 g/mol. The second-order valence-corrected chi connectivity index (χ2v) is 7.78. The third-order valence-corrected chi connectivity index (χ3v) is 5.40. The maximum absolute atomic E-state index is 14.5. The highest BCUT2D eigenvalue weighted by atomic mass is 19.1. The minimum absolute atomic E-state index is 0.0257. The third kappa shape index (κ3) is 5.39. The van der Waals surface area contributed by atoms with Gasteiger partial charge in [-0.05, 0) is 37.1 Å². The Morgan fingerprint density at radius 3 is 2.65 bits per heavy atom. The van der Waals surface area contributed by atoms with E-state index < -0.39 is 11.7 Å². The average Bonchev–Trinajstić information content (AvgIpc) is 3.08. The van der Waals surface area contributed by atoms with Crippen molar-refractivity contribution in [3.8, 4) is 11.5 Å². The van der Waals surface area contributed by atoms with E-state index in [-0.39, 0.29) is 29.8 Å². The van der Waals surface area contributed by atoms with Gasteiger partial charge in [-0.15, -0.1) is 0 Å². The van der Waals surface area contributed by atoms with Crippen molar-refractivity contribution >= 4 is 28.5 Å². The fourth-order valence-electron chi connectivity index (χ4n) is 3.86. The Morgan fingerprint density at radius 1 is 1.06 bits per heavy atom. The fraction of sp³-hybridized carbons (Fsp3) is 0.348. The first-order chi connectivity index (χ1) is 15.1. The number of nitrogens with one attached hydrogen (secondary N) is 3. The first-order valence-corrected chi connectivity index (χ1v) is 10.6. The molecular formula is C23H25FN4O3. The van der Waals surface area contributed by atoms with E-state index in [0.717, 1.165) is 31.1 Å². The van der Waals surface area contributed by atoms with Crippen LogP contribution in [0.15, 0.2) is 42.7 Å². The Hall–Kier alpha value is -3.42. The summed E-state index contributed by atoms with van der Waals surface area (Å²) in [7, 11) is 0. The van der Waals surface area contributed by atoms with E-state index in [4.69, 9.17) is 4.74 Å². The van der Waals surface area contributed by atoms with Gasteiger partial charge in [-0.25, -0.2) is 9.37 Å². The van der Waals surface area contributed by atoms with Crippen molar-refractivity contribution in [1.82, 2.24) is 15.3 Å². The Morgan fingerprint density at radius 2 is 1.87 bits per heavy atom. The normalized spacial score (nSPS) is 14.7. The fourth-order valence-corrected chi connectivity index (χ4v) is 3.86. The Balaban J connectivity index is 1.34. The number of nitrogens with zero attached hydrogens (tertiary/aromatic N) is 1. The van der Waals surface area contributed by atoms with Crippen molar-refractivity contribution in [2.45, 2.75) is 51.0 Å². The first kappa shape index (κ1) is 20.8. The molecule has 0 unspecified atom stereocenters. The molecule has 0 atom stereocenters. The summed E-state index contributed by atoms with van der Waals surface area (Å²) < 4.78 is 20.2. The zero-order valence-corrected chi connectivity index (χ0v) is 17.1. The molecule has 2 aromatic heterocycles. The van der Waals surface area contributed by atoms with Crippen LogP contribution in [0.1, 0.15) is 44.9 Å². The highest BCUT2D eigenvalue weighted by molar-refractivity contribution is 6.03. The van der Waals surface area contributed by atoms with E-state index in [9.17, 15) is 14.0 Å². The van der Waals surface area contributed by atoms with Crippen molar-refractivity contribution in [1.29, 1.82) is 0 Å². The molecule has 0 aliphatic heterocycles. The maximum Gasteiger partial charge on any atom is 0.233 e. The molecule has 0 saturated heterocycles. The van der Waals surface area contributed by atoms with Gasteiger partial charge in [0.1, 0.15) is 17.8 Å². The first-order valence-electron chi connectivity index (χ1n) is 10.6. The smallest absolute Gasteiger partial charge is 0.233 e. The molecule has 3 N–H and O–H groups in total. The number of ether oxygens (including phenoxy) is 1. The van der Waals surface area contributed by atoms with Crippen LogP contribution in [-0.4, -0.2) is 27.8 Å². The van der Waals surface area contributed by atoms with Gasteiger partial charge in [-0.3, -0.25) is 9.59 Å². The number of aromatic amines is 1. The molecule has 1 fully saturated rings. The number of rotatable bonds is 6. The summed E-state index contributed by atoms with van der Waals surface area (Å²) in [5.41, 5.74) is 0.905. The van der Waals surface area contributed by atoms with Crippen LogP contribution in [-0.2, 0) is 9.59 Å². The monoisotopic (exact) mass is 424 g/mol. The number of hydrogen-bond acceptors (Lipinski definition) is 4. The number of benzene rings is 1. The Labute approximate surface area is 179 Å². The van der Waals surface area contributed by atoms with Crippen LogP contribution in [0, 0.1) is 5.82 Å². The molecule has 7 nitrogen and oxygen atoms in total. The summed E-state index contributed by atoms with van der Waals surface area (Å²) >= 11 is 0. The van der Waals surface area contributed by atoms with Crippen molar-refractivity contribution < 1.29 is 18.7 Å². The Kier molecular flexibility index (Phi) is 6.45. The van der Waals surface area contributed by atoms with Gasteiger partial charge >= 0.3 is 0 Å². The highest BCUT2D eigenvalue weighted by Crippen LogP contribution is 2.31. The third-order valence-electron chi connectivity index (χ3n) is 5.40. The van der Waals surface area contributed by atoms with Gasteiger partial charge in [0, 0.05) is 30.2 Å². The second-order valence-electron chi connectivity index (χ2n) is 7.78. The van der Waals surface area contributed by atoms with Crippen molar-refractivity contribution in [3.63, 3.8) is 0 Å². The van der Waals surface area contributed by atoms with Crippen molar-refractivity contribution in [3.05, 3.63) is 48.5 Å². The molecule has 2 heterocycles. The molecule has 31 heavy (non-hydrogen) atoms. The van der Waals surface area contributed by atoms with Crippen LogP contribution < -0.4 is 15.4 Å². The number of halogens is 1. The highest BCUT2D eigenvalue weighted by Gasteiger charge is 2.17. The van der Waals surface area contributed by atoms with Crippen LogP contribution in [0.5, 0.6) is 11.5 Å². The van der Waals surface area contributed by atoms with Crippen LogP contribution in [0.4, 0.5) is 10.1 Å². The van der Waals surface area contributed by atoms with Gasteiger partial charge in [-0.1, -0.05) is 25.7 Å². The molecule has 1 saturated carbocycles. The summed E-state index contributed by atoms with van der Waals surface area (Å²) in [6.07, 6.45) is 9.48. The molecule has 162 valence electrons. The predicted octanol–water partition coefficient (Wildman–Crippen LogP) is 4.66. The molecule has 0 spiro atoms. The van der Waals surface area contributed by atoms with E-state index >= 15 is 0 Å². The summed E-state index contributed by atoms with van der Waals surface area (Å²) in [6, 6.07) is 7.73. The number of aromatic nitrogens is 2. The SMILES string of the molecule is O=C(CC(=O)NC1CCCCCC1)Nc1ccc(Oc2ccnc3[nH]ccc23)c(F)c1. The van der Waals surface area contributed by atoms with Crippen LogP contribution in [0.2, 0.25) is 0 Å². The minimum atomic E-state index is -0.624. The molecule has 3 aromatic rings. The number of pyridine rings is 1. The number of fused-ring (bicyclic) bond motifs is 1. The maximum atomic E-state index is 14.5. The summed E-state index contributed by atoms with van der Waals surface area (Å²) in [5.74, 6) is -0.920. The molecule has 0 radical (unpaired) electrons. The number of amides is 2. The van der Waals surface area contributed by atoms with E-state index in [1.165, 1.54) is 31.0 Å². The van der Waals surface area contributed by atoms with Crippen LogP contribution in [0.3, 0.4) is 0 Å². The predicted molar refractivity (Wildman–Crippen MR) is 115 cm³/mol. The van der Waals surface area contributed by atoms with Crippen molar-refractivity contribution in [2.24, 2.45) is 0 Å². The van der Waals surface area contributed by atoms with Gasteiger partial charge in [-0.2, -0.15) is 0 Å². The molecule has 0 bridgehead atoms. The van der Waals surface area contributed by atoms with Crippen LogP contribution in [0.25, 0.3) is 11.0 Å². The van der Waals surface area contributed by atoms with Crippen LogP contribution >= 0.6 is 0 Å². The molecule has 1 aromatic carbocycles. The number of carbonyl (C=O) groups is 2. The quantitative estimate of drug-likeness (QED) is 0.396. The van der Waals surface area contributed by atoms with Gasteiger partial charge in [0.25, 0.3) is 0 Å². The largest absolute Gasteiger partial charge is 0.453 e. The number of carbonyl (C=O) groups excluding carboxylic acids is 2. The van der Waals surface area contributed by atoms with Gasteiger partial charge in [0.2, 0.25) is 11.8 Å². The van der Waals surface area contributed by atoms with E-state index in [0.29, 0.717) is 11.4 Å². The molecule has 1 aliphatic rings. The van der Waals surface area contributed by atoms with E-state index in [2.05, 4.69) is 20.6 Å². The molecular weight excluding hydrogens is 399 g/mol. The summed E-state index contributed by atoms with van der Waals surface area (Å²) in [6.45, 7) is 0. The standard InChI is InChI=1S/C23H25FN4O3/c24-18-13-16(28-22(30)14-21(29)27-15-5-3-1-2-4-6-15)7-8-20(18)31-19-10-12-26-23-17(19)9-11-25-23/h7-13,15H,1-6,14H2,(H,25,26)(H,27,29)(H,28,30). The lowest BCUT2D eigenvalue weighted by Crippen LogP contribution is -2.36. The van der Waals surface area contributed by atoms with Gasteiger partial charge in [0.05, 0.1) is 5.39 Å². The molecule has 4 rings (SSSR count). The van der Waals surface area contributed by atoms with E-state index in [1.54, 1.807) is 24.5 Å². The lowest BCUT2D eigenvalue weighted by molar-refractivity contribution is -0.127. The number of H-pyrrole nitrogens is 1. The number of anilines is 1. The zero-order valence-electron chi connectivity index (χ0n) is 17.1. The Bertz CT molecular complexity index is 1070.